The van der Waals surface area contributed by atoms with E-state index in [4.69, 9.17) is 4.74 Å². The quantitative estimate of drug-likeness (QED) is 0.587. The molecule has 2 saturated heterocycles. The molecule has 0 spiro atoms. The van der Waals surface area contributed by atoms with Crippen molar-refractivity contribution in [3.63, 3.8) is 0 Å². The summed E-state index contributed by atoms with van der Waals surface area (Å²) in [7, 11) is 1.48. The molecule has 3 rings (SSSR count). The fraction of sp³-hybridized carbons (Fsp3) is 0.889. The Balaban J connectivity index is 2.13. The molecule has 0 aromatic rings. The minimum Gasteiger partial charge on any atom is -0.469 e. The van der Waals surface area contributed by atoms with Crippen LogP contribution in [0.25, 0.3) is 0 Å². The highest BCUT2D eigenvalue weighted by atomic mass is 16.5. The van der Waals surface area contributed by atoms with E-state index in [-0.39, 0.29) is 11.4 Å². The lowest BCUT2D eigenvalue weighted by molar-refractivity contribution is -0.157. The highest BCUT2D eigenvalue weighted by Crippen LogP contribution is 2.40. The van der Waals surface area contributed by atoms with Crippen LogP contribution in [0.3, 0.4) is 0 Å². The fourth-order valence-corrected chi connectivity index (χ4v) is 2.38. The molecule has 0 amide bonds. The Labute approximate surface area is 72.5 Å². The van der Waals surface area contributed by atoms with E-state index < -0.39 is 0 Å². The summed E-state index contributed by atoms with van der Waals surface area (Å²) < 4.78 is 4.83. The van der Waals surface area contributed by atoms with E-state index in [9.17, 15) is 4.79 Å². The second-order valence-electron chi connectivity index (χ2n) is 3.93. The molecule has 0 unspecified atom stereocenters. The first kappa shape index (κ1) is 8.05. The molecule has 3 fully saturated rings. The minimum atomic E-state index is -0.177. The molecule has 1 saturated carbocycles. The fourth-order valence-electron chi connectivity index (χ4n) is 2.38. The standard InChI is InChI=1S/C9H15NO2/c1-12-8(11)9-4-2-7(3-5-9)10-6-9/h7,10H,2-6H2,1H3. The van der Waals surface area contributed by atoms with Gasteiger partial charge in [0.1, 0.15) is 0 Å². The number of rotatable bonds is 1. The Bertz CT molecular complexity index is 181. The van der Waals surface area contributed by atoms with E-state index in [2.05, 4.69) is 5.32 Å². The van der Waals surface area contributed by atoms with Gasteiger partial charge < -0.3 is 10.1 Å². The van der Waals surface area contributed by atoms with Crippen molar-refractivity contribution in [1.29, 1.82) is 0 Å². The largest absolute Gasteiger partial charge is 0.469 e. The number of esters is 1. The molecule has 3 heteroatoms. The molecule has 1 N–H and O–H groups in total. The highest BCUT2D eigenvalue weighted by Gasteiger charge is 2.46. The molecule has 1 aliphatic carbocycles. The van der Waals surface area contributed by atoms with Crippen LogP contribution in [0.1, 0.15) is 25.7 Å². The minimum absolute atomic E-state index is 0.0202. The predicted molar refractivity (Wildman–Crippen MR) is 44.7 cm³/mol. The lowest BCUT2D eigenvalue weighted by Gasteiger charge is -2.44. The first-order valence-electron chi connectivity index (χ1n) is 4.59. The second-order valence-corrected chi connectivity index (χ2v) is 3.93. The molecule has 0 aromatic heterocycles. The number of carbonyl (C=O) groups is 1. The van der Waals surface area contributed by atoms with Crippen LogP contribution in [0.4, 0.5) is 0 Å². The smallest absolute Gasteiger partial charge is 0.313 e. The van der Waals surface area contributed by atoms with E-state index in [1.807, 2.05) is 0 Å². The van der Waals surface area contributed by atoms with Crippen LogP contribution in [0.2, 0.25) is 0 Å². The van der Waals surface area contributed by atoms with Gasteiger partial charge in [0.15, 0.2) is 0 Å². The van der Waals surface area contributed by atoms with Crippen molar-refractivity contribution in [2.75, 3.05) is 13.7 Å². The number of ether oxygens (including phenoxy) is 1. The van der Waals surface area contributed by atoms with Gasteiger partial charge in [-0.3, -0.25) is 4.79 Å². The van der Waals surface area contributed by atoms with Crippen LogP contribution in [-0.4, -0.2) is 25.7 Å². The number of fused-ring (bicyclic) bond motifs is 3. The average Bonchev–Trinajstić information content (AvgIpc) is 2.19. The molecule has 2 aliphatic heterocycles. The molecule has 2 bridgehead atoms. The molecule has 0 atom stereocenters. The van der Waals surface area contributed by atoms with Crippen LogP contribution < -0.4 is 5.32 Å². The van der Waals surface area contributed by atoms with Gasteiger partial charge in [0.25, 0.3) is 0 Å². The lowest BCUT2D eigenvalue weighted by Crippen LogP contribution is -2.55. The van der Waals surface area contributed by atoms with E-state index in [1.165, 1.54) is 7.11 Å². The summed E-state index contributed by atoms with van der Waals surface area (Å²) in [5.41, 5.74) is -0.177. The number of piperidine rings is 2. The third-order valence-corrected chi connectivity index (χ3v) is 3.29. The summed E-state index contributed by atoms with van der Waals surface area (Å²) in [4.78, 5) is 11.5. The molecule has 12 heavy (non-hydrogen) atoms. The maximum absolute atomic E-state index is 11.5. The van der Waals surface area contributed by atoms with Gasteiger partial charge in [-0.05, 0) is 25.7 Å². The summed E-state index contributed by atoms with van der Waals surface area (Å²) in [6.07, 6.45) is 4.29. The van der Waals surface area contributed by atoms with Gasteiger partial charge in [-0.25, -0.2) is 0 Å². The van der Waals surface area contributed by atoms with Crippen molar-refractivity contribution in [2.45, 2.75) is 31.7 Å². The topological polar surface area (TPSA) is 38.3 Å². The van der Waals surface area contributed by atoms with Crippen molar-refractivity contribution in [3.05, 3.63) is 0 Å². The average molecular weight is 169 g/mol. The Kier molecular flexibility index (Phi) is 1.83. The normalized spacial score (nSPS) is 39.6. The Morgan fingerprint density at radius 2 is 2.17 bits per heavy atom. The number of hydrogen-bond acceptors (Lipinski definition) is 3. The van der Waals surface area contributed by atoms with Crippen LogP contribution in [0.5, 0.6) is 0 Å². The molecule has 0 aromatic carbocycles. The van der Waals surface area contributed by atoms with Gasteiger partial charge in [0, 0.05) is 12.6 Å². The van der Waals surface area contributed by atoms with Gasteiger partial charge in [0.2, 0.25) is 0 Å². The molecular formula is C9H15NO2. The zero-order chi connectivity index (χ0) is 8.60. The first-order valence-corrected chi connectivity index (χ1v) is 4.59. The van der Waals surface area contributed by atoms with Crippen molar-refractivity contribution in [1.82, 2.24) is 5.32 Å². The first-order chi connectivity index (χ1) is 5.77. The van der Waals surface area contributed by atoms with Crippen LogP contribution in [-0.2, 0) is 9.53 Å². The molecule has 68 valence electrons. The number of nitrogens with one attached hydrogen (secondary N) is 1. The monoisotopic (exact) mass is 169 g/mol. The summed E-state index contributed by atoms with van der Waals surface area (Å²) in [6, 6.07) is 0.663. The molecule has 2 heterocycles. The van der Waals surface area contributed by atoms with Gasteiger partial charge in [-0.2, -0.15) is 0 Å². The summed E-state index contributed by atoms with van der Waals surface area (Å²) in [5, 5.41) is 3.37. The Hall–Kier alpha value is -0.570. The number of methoxy groups -OCH3 is 1. The number of hydrogen-bond donors (Lipinski definition) is 1. The van der Waals surface area contributed by atoms with Gasteiger partial charge >= 0.3 is 5.97 Å². The van der Waals surface area contributed by atoms with Crippen LogP contribution in [0, 0.1) is 5.41 Å². The molecule has 3 nitrogen and oxygen atoms in total. The van der Waals surface area contributed by atoms with Crippen molar-refractivity contribution in [3.8, 4) is 0 Å². The summed E-state index contributed by atoms with van der Waals surface area (Å²) in [6.45, 7) is 0.824. The molecule has 3 aliphatic rings. The third kappa shape index (κ3) is 1.04. The number of carbonyl (C=O) groups excluding carboxylic acids is 1. The summed E-state index contributed by atoms with van der Waals surface area (Å²) >= 11 is 0. The highest BCUT2D eigenvalue weighted by molar-refractivity contribution is 5.77. The van der Waals surface area contributed by atoms with Gasteiger partial charge in [0.05, 0.1) is 12.5 Å². The Morgan fingerprint density at radius 3 is 2.58 bits per heavy atom. The van der Waals surface area contributed by atoms with Crippen LogP contribution in [0.15, 0.2) is 0 Å². The van der Waals surface area contributed by atoms with Crippen molar-refractivity contribution in [2.24, 2.45) is 5.41 Å². The van der Waals surface area contributed by atoms with E-state index in [0.29, 0.717) is 6.04 Å². The van der Waals surface area contributed by atoms with E-state index >= 15 is 0 Å². The maximum Gasteiger partial charge on any atom is 0.313 e. The second kappa shape index (κ2) is 2.73. The van der Waals surface area contributed by atoms with Crippen LogP contribution >= 0.6 is 0 Å². The molecule has 0 radical (unpaired) electrons. The zero-order valence-corrected chi connectivity index (χ0v) is 7.43. The van der Waals surface area contributed by atoms with Gasteiger partial charge in [-0.15, -0.1) is 0 Å². The summed E-state index contributed by atoms with van der Waals surface area (Å²) in [5.74, 6) is -0.0202. The lowest BCUT2D eigenvalue weighted by atomic mass is 9.69. The third-order valence-electron chi connectivity index (χ3n) is 3.29. The molecular weight excluding hydrogens is 154 g/mol. The van der Waals surface area contributed by atoms with E-state index in [0.717, 1.165) is 32.2 Å². The van der Waals surface area contributed by atoms with Crippen molar-refractivity contribution < 1.29 is 9.53 Å². The SMILES string of the molecule is COC(=O)C12CCC(CC1)NC2. The van der Waals surface area contributed by atoms with Crippen molar-refractivity contribution >= 4 is 5.97 Å². The Morgan fingerprint density at radius 1 is 1.50 bits per heavy atom. The predicted octanol–water partition coefficient (Wildman–Crippen LogP) is 0.692. The maximum atomic E-state index is 11.5. The van der Waals surface area contributed by atoms with E-state index in [1.54, 1.807) is 0 Å². The van der Waals surface area contributed by atoms with Gasteiger partial charge in [-0.1, -0.05) is 0 Å². The zero-order valence-electron chi connectivity index (χ0n) is 7.43.